The largest absolute Gasteiger partial charge is 0.352 e. The van der Waals surface area contributed by atoms with Crippen molar-refractivity contribution in [2.75, 3.05) is 6.54 Å². The molecule has 1 saturated carbocycles. The summed E-state index contributed by atoms with van der Waals surface area (Å²) in [6.45, 7) is 2.56. The summed E-state index contributed by atoms with van der Waals surface area (Å²) in [4.78, 5) is 12.1. The number of aryl methyl sites for hydroxylation is 1. The quantitative estimate of drug-likeness (QED) is 0.903. The molecule has 0 spiro atoms. The highest BCUT2D eigenvalue weighted by atomic mass is 79.9. The number of halogens is 1. The van der Waals surface area contributed by atoms with Gasteiger partial charge < -0.3 is 9.88 Å². The molecular formula is C15H17BrN4O. The van der Waals surface area contributed by atoms with Crippen LogP contribution in [0.15, 0.2) is 29.0 Å². The smallest absolute Gasteiger partial charge is 0.251 e. The summed E-state index contributed by atoms with van der Waals surface area (Å²) in [5.74, 6) is 0.885. The summed E-state index contributed by atoms with van der Waals surface area (Å²) < 4.78 is 3.07. The Bertz CT molecular complexity index is 663. The lowest BCUT2D eigenvalue weighted by molar-refractivity contribution is 0.0954. The molecule has 0 radical (unpaired) electrons. The number of nitrogens with one attached hydrogen (secondary N) is 1. The van der Waals surface area contributed by atoms with Crippen molar-refractivity contribution < 1.29 is 4.79 Å². The highest BCUT2D eigenvalue weighted by Crippen LogP contribution is 2.35. The summed E-state index contributed by atoms with van der Waals surface area (Å²) >= 11 is 3.44. The van der Waals surface area contributed by atoms with E-state index in [1.807, 2.05) is 25.1 Å². The third-order valence-corrected chi connectivity index (χ3v) is 4.51. The Morgan fingerprint density at radius 1 is 1.48 bits per heavy atom. The van der Waals surface area contributed by atoms with E-state index in [9.17, 15) is 4.79 Å². The van der Waals surface area contributed by atoms with Crippen LogP contribution in [0, 0.1) is 6.92 Å². The van der Waals surface area contributed by atoms with E-state index in [1.165, 1.54) is 12.8 Å². The molecule has 0 atom stereocenters. The first kappa shape index (κ1) is 14.3. The summed E-state index contributed by atoms with van der Waals surface area (Å²) in [5.41, 5.74) is 1.78. The molecule has 6 heteroatoms. The number of amides is 1. The fraction of sp³-hybridized carbons (Fsp3) is 0.400. The summed E-state index contributed by atoms with van der Waals surface area (Å²) in [6.07, 6.45) is 4.89. The fourth-order valence-corrected chi connectivity index (χ4v) is 2.61. The van der Waals surface area contributed by atoms with Crippen LogP contribution >= 0.6 is 15.9 Å². The molecule has 21 heavy (non-hydrogen) atoms. The Labute approximate surface area is 131 Å². The highest BCUT2D eigenvalue weighted by Gasteiger charge is 2.25. The van der Waals surface area contributed by atoms with E-state index in [0.717, 1.165) is 15.9 Å². The van der Waals surface area contributed by atoms with E-state index >= 15 is 0 Å². The van der Waals surface area contributed by atoms with Crippen molar-refractivity contribution in [3.05, 3.63) is 46.0 Å². The summed E-state index contributed by atoms with van der Waals surface area (Å²) in [5, 5.41) is 11.0. The van der Waals surface area contributed by atoms with Crippen LogP contribution in [-0.2, 0) is 6.42 Å². The lowest BCUT2D eigenvalue weighted by Gasteiger charge is -2.07. The molecule has 110 valence electrons. The molecule has 1 heterocycles. The molecule has 3 rings (SSSR count). The third kappa shape index (κ3) is 3.32. The van der Waals surface area contributed by atoms with Crippen molar-refractivity contribution in [3.63, 3.8) is 0 Å². The number of hydrogen-bond acceptors (Lipinski definition) is 3. The Kier molecular flexibility index (Phi) is 4.05. The van der Waals surface area contributed by atoms with Crippen molar-refractivity contribution in [2.24, 2.45) is 0 Å². The molecule has 2 aromatic rings. The minimum absolute atomic E-state index is 0.0619. The zero-order valence-electron chi connectivity index (χ0n) is 11.8. The Hall–Kier alpha value is -1.69. The molecule has 1 aliphatic rings. The first-order valence-electron chi connectivity index (χ1n) is 7.08. The van der Waals surface area contributed by atoms with Crippen molar-refractivity contribution in [1.29, 1.82) is 0 Å². The van der Waals surface area contributed by atoms with Crippen LogP contribution in [0.2, 0.25) is 0 Å². The summed E-state index contributed by atoms with van der Waals surface area (Å²) in [7, 11) is 0. The van der Waals surface area contributed by atoms with Gasteiger partial charge in [-0.3, -0.25) is 4.79 Å². The number of carbonyl (C=O) groups excluding carboxylic acids is 1. The standard InChI is InChI=1S/C15H17BrN4O/c1-10-2-3-11(8-13(10)16)15(21)17-7-6-14-19-18-9-20(14)12-4-5-12/h2-3,8-9,12H,4-7H2,1H3,(H,17,21). The Balaban J connectivity index is 1.56. The van der Waals surface area contributed by atoms with Crippen molar-refractivity contribution in [1.82, 2.24) is 20.1 Å². The topological polar surface area (TPSA) is 59.8 Å². The monoisotopic (exact) mass is 348 g/mol. The van der Waals surface area contributed by atoms with Crippen LogP contribution in [0.5, 0.6) is 0 Å². The maximum atomic E-state index is 12.1. The van der Waals surface area contributed by atoms with Gasteiger partial charge in [0.1, 0.15) is 12.2 Å². The van der Waals surface area contributed by atoms with Crippen LogP contribution in [0.4, 0.5) is 0 Å². The molecule has 1 aromatic heterocycles. The first-order chi connectivity index (χ1) is 10.1. The second kappa shape index (κ2) is 5.97. The molecule has 1 fully saturated rings. The zero-order valence-corrected chi connectivity index (χ0v) is 13.4. The van der Waals surface area contributed by atoms with E-state index in [2.05, 4.69) is 36.0 Å². The summed E-state index contributed by atoms with van der Waals surface area (Å²) in [6, 6.07) is 6.18. The molecule has 1 amide bonds. The highest BCUT2D eigenvalue weighted by molar-refractivity contribution is 9.10. The number of aromatic nitrogens is 3. The average molecular weight is 349 g/mol. The maximum absolute atomic E-state index is 12.1. The van der Waals surface area contributed by atoms with Crippen LogP contribution < -0.4 is 5.32 Å². The number of hydrogen-bond donors (Lipinski definition) is 1. The van der Waals surface area contributed by atoms with Crippen molar-refractivity contribution >= 4 is 21.8 Å². The van der Waals surface area contributed by atoms with Gasteiger partial charge in [0.05, 0.1) is 0 Å². The normalized spacial score (nSPS) is 14.2. The minimum atomic E-state index is -0.0619. The predicted molar refractivity (Wildman–Crippen MR) is 83.2 cm³/mol. The van der Waals surface area contributed by atoms with Gasteiger partial charge >= 0.3 is 0 Å². The van der Waals surface area contributed by atoms with Crippen molar-refractivity contribution in [3.8, 4) is 0 Å². The van der Waals surface area contributed by atoms with Crippen LogP contribution in [-0.4, -0.2) is 27.2 Å². The third-order valence-electron chi connectivity index (χ3n) is 3.66. The molecule has 0 aliphatic heterocycles. The van der Waals surface area contributed by atoms with Gasteiger partial charge in [-0.15, -0.1) is 10.2 Å². The predicted octanol–water partition coefficient (Wildman–Crippen LogP) is 2.66. The van der Waals surface area contributed by atoms with Gasteiger partial charge in [0.2, 0.25) is 0 Å². The average Bonchev–Trinajstić information content (AvgIpc) is 3.21. The maximum Gasteiger partial charge on any atom is 0.251 e. The minimum Gasteiger partial charge on any atom is -0.352 e. The van der Waals surface area contributed by atoms with E-state index in [4.69, 9.17) is 0 Å². The SMILES string of the molecule is Cc1ccc(C(=O)NCCc2nncn2C2CC2)cc1Br. The number of benzene rings is 1. The number of nitrogens with zero attached hydrogens (tertiary/aromatic N) is 3. The lowest BCUT2D eigenvalue weighted by Crippen LogP contribution is -2.26. The van der Waals surface area contributed by atoms with E-state index in [-0.39, 0.29) is 5.91 Å². The molecule has 0 saturated heterocycles. The molecule has 1 N–H and O–H groups in total. The van der Waals surface area contributed by atoms with E-state index in [1.54, 1.807) is 6.33 Å². The van der Waals surface area contributed by atoms with Gasteiger partial charge in [-0.1, -0.05) is 22.0 Å². The van der Waals surface area contributed by atoms with Gasteiger partial charge in [-0.25, -0.2) is 0 Å². The fourth-order valence-electron chi connectivity index (χ4n) is 2.23. The molecule has 1 aromatic carbocycles. The van der Waals surface area contributed by atoms with Crippen LogP contribution in [0.3, 0.4) is 0 Å². The second-order valence-electron chi connectivity index (χ2n) is 5.36. The number of rotatable bonds is 5. The zero-order chi connectivity index (χ0) is 14.8. The van der Waals surface area contributed by atoms with Crippen molar-refractivity contribution in [2.45, 2.75) is 32.2 Å². The molecule has 1 aliphatic carbocycles. The first-order valence-corrected chi connectivity index (χ1v) is 7.87. The van der Waals surface area contributed by atoms with Gasteiger partial charge in [-0.2, -0.15) is 0 Å². The van der Waals surface area contributed by atoms with Gasteiger partial charge in [0, 0.05) is 29.0 Å². The van der Waals surface area contributed by atoms with E-state index < -0.39 is 0 Å². The molecule has 5 nitrogen and oxygen atoms in total. The van der Waals surface area contributed by atoms with Gasteiger partial charge in [-0.05, 0) is 37.5 Å². The number of carbonyl (C=O) groups is 1. The molecular weight excluding hydrogens is 332 g/mol. The Morgan fingerprint density at radius 2 is 2.29 bits per heavy atom. The second-order valence-corrected chi connectivity index (χ2v) is 6.21. The molecule has 0 bridgehead atoms. The van der Waals surface area contributed by atoms with Gasteiger partial charge in [0.15, 0.2) is 0 Å². The lowest BCUT2D eigenvalue weighted by atomic mass is 10.1. The van der Waals surface area contributed by atoms with Crippen LogP contribution in [0.1, 0.15) is 40.6 Å². The van der Waals surface area contributed by atoms with Crippen LogP contribution in [0.25, 0.3) is 0 Å². The Morgan fingerprint density at radius 3 is 3.00 bits per heavy atom. The molecule has 0 unspecified atom stereocenters. The van der Waals surface area contributed by atoms with E-state index in [0.29, 0.717) is 24.6 Å². The van der Waals surface area contributed by atoms with Gasteiger partial charge in [0.25, 0.3) is 5.91 Å².